The number of H-pyrrole nitrogens is 1. The number of hydrogen-bond acceptors (Lipinski definition) is 4. The largest absolute Gasteiger partial charge is 0.340 e. The number of carbonyl (C=O) groups is 1. The van der Waals surface area contributed by atoms with E-state index in [2.05, 4.69) is 25.3 Å². The summed E-state index contributed by atoms with van der Waals surface area (Å²) in [6.45, 7) is 0. The summed E-state index contributed by atoms with van der Waals surface area (Å²) in [6.07, 6.45) is 1.47. The highest BCUT2D eigenvalue weighted by molar-refractivity contribution is 6.28. The lowest BCUT2D eigenvalue weighted by Gasteiger charge is -2.05. The van der Waals surface area contributed by atoms with Crippen LogP contribution in [0, 0.1) is 0 Å². The molecule has 19 heavy (non-hydrogen) atoms. The Labute approximate surface area is 112 Å². The molecule has 0 radical (unpaired) electrons. The summed E-state index contributed by atoms with van der Waals surface area (Å²) in [5, 5.41) is 2.71. The summed E-state index contributed by atoms with van der Waals surface area (Å²) in [4.78, 5) is 26.8. The second-order valence-electron chi connectivity index (χ2n) is 3.76. The third-order valence-corrected chi connectivity index (χ3v) is 2.70. The summed E-state index contributed by atoms with van der Waals surface area (Å²) >= 11 is 5.78. The van der Waals surface area contributed by atoms with Gasteiger partial charge in [0.1, 0.15) is 5.52 Å². The van der Waals surface area contributed by atoms with E-state index in [1.54, 1.807) is 24.3 Å². The molecule has 1 amide bonds. The van der Waals surface area contributed by atoms with Gasteiger partial charge in [0.2, 0.25) is 5.28 Å². The molecule has 0 aliphatic heterocycles. The lowest BCUT2D eigenvalue weighted by atomic mass is 10.2. The Hall–Kier alpha value is -2.47. The van der Waals surface area contributed by atoms with Crippen molar-refractivity contribution in [1.29, 1.82) is 0 Å². The van der Waals surface area contributed by atoms with Gasteiger partial charge in [0, 0.05) is 5.56 Å². The van der Waals surface area contributed by atoms with Crippen LogP contribution in [0.1, 0.15) is 10.4 Å². The number of amides is 1. The number of fused-ring (bicyclic) bond motifs is 1. The molecule has 0 aliphatic rings. The standard InChI is InChI=1S/C12H8ClN5O/c13-12-17-9-8(14-6-15-9)10(18-12)16-11(19)7-4-2-1-3-5-7/h1-6H,(H2,14,15,16,17,18,19). The van der Waals surface area contributed by atoms with Crippen LogP contribution in [0.3, 0.4) is 0 Å². The Morgan fingerprint density at radius 3 is 2.79 bits per heavy atom. The van der Waals surface area contributed by atoms with Crippen LogP contribution in [0.15, 0.2) is 36.7 Å². The minimum atomic E-state index is -0.272. The predicted molar refractivity (Wildman–Crippen MR) is 71.1 cm³/mol. The van der Waals surface area contributed by atoms with E-state index in [1.807, 2.05) is 6.07 Å². The van der Waals surface area contributed by atoms with Gasteiger partial charge in [0.15, 0.2) is 11.5 Å². The van der Waals surface area contributed by atoms with Gasteiger partial charge in [-0.15, -0.1) is 0 Å². The molecule has 3 rings (SSSR count). The second kappa shape index (κ2) is 4.66. The van der Waals surface area contributed by atoms with Gasteiger partial charge in [0.05, 0.1) is 6.33 Å². The number of benzene rings is 1. The number of anilines is 1. The van der Waals surface area contributed by atoms with E-state index in [4.69, 9.17) is 11.6 Å². The number of carbonyl (C=O) groups excluding carboxylic acids is 1. The first-order chi connectivity index (χ1) is 9.24. The van der Waals surface area contributed by atoms with Crippen LogP contribution in [0.4, 0.5) is 5.82 Å². The van der Waals surface area contributed by atoms with E-state index in [0.717, 1.165) is 0 Å². The lowest BCUT2D eigenvalue weighted by Crippen LogP contribution is -2.13. The highest BCUT2D eigenvalue weighted by Crippen LogP contribution is 2.19. The third kappa shape index (κ3) is 2.25. The van der Waals surface area contributed by atoms with Crippen LogP contribution in [0.5, 0.6) is 0 Å². The van der Waals surface area contributed by atoms with Crippen LogP contribution in [-0.4, -0.2) is 25.8 Å². The van der Waals surface area contributed by atoms with Crippen LogP contribution in [-0.2, 0) is 0 Å². The maximum atomic E-state index is 12.0. The zero-order chi connectivity index (χ0) is 13.2. The molecular formula is C12H8ClN5O. The van der Waals surface area contributed by atoms with E-state index in [1.165, 1.54) is 6.33 Å². The number of nitrogens with zero attached hydrogens (tertiary/aromatic N) is 3. The monoisotopic (exact) mass is 273 g/mol. The molecule has 0 saturated carbocycles. The number of nitrogens with one attached hydrogen (secondary N) is 2. The zero-order valence-electron chi connectivity index (χ0n) is 9.59. The van der Waals surface area contributed by atoms with Gasteiger partial charge < -0.3 is 10.3 Å². The van der Waals surface area contributed by atoms with Gasteiger partial charge in [-0.25, -0.2) is 4.98 Å². The first kappa shape index (κ1) is 11.6. The first-order valence-electron chi connectivity index (χ1n) is 5.47. The number of hydrogen-bond donors (Lipinski definition) is 2. The van der Waals surface area contributed by atoms with Crippen LogP contribution < -0.4 is 5.32 Å². The maximum absolute atomic E-state index is 12.0. The summed E-state index contributed by atoms with van der Waals surface area (Å²) in [7, 11) is 0. The molecule has 0 saturated heterocycles. The second-order valence-corrected chi connectivity index (χ2v) is 4.10. The fourth-order valence-corrected chi connectivity index (χ4v) is 1.83. The Kier molecular flexibility index (Phi) is 2.85. The van der Waals surface area contributed by atoms with E-state index >= 15 is 0 Å². The molecule has 0 bridgehead atoms. The summed E-state index contributed by atoms with van der Waals surface area (Å²) in [5.41, 5.74) is 1.47. The molecule has 94 valence electrons. The third-order valence-electron chi connectivity index (χ3n) is 2.53. The fraction of sp³-hybridized carbons (Fsp3) is 0. The van der Waals surface area contributed by atoms with E-state index in [0.29, 0.717) is 22.5 Å². The number of halogens is 1. The van der Waals surface area contributed by atoms with Crippen molar-refractivity contribution < 1.29 is 4.79 Å². The predicted octanol–water partition coefficient (Wildman–Crippen LogP) is 2.26. The van der Waals surface area contributed by atoms with Crippen molar-refractivity contribution >= 4 is 34.5 Å². The Balaban J connectivity index is 1.97. The highest BCUT2D eigenvalue weighted by Gasteiger charge is 2.12. The average molecular weight is 274 g/mol. The maximum Gasteiger partial charge on any atom is 0.256 e. The minimum absolute atomic E-state index is 0.0305. The van der Waals surface area contributed by atoms with Crippen molar-refractivity contribution in [1.82, 2.24) is 19.9 Å². The Bertz CT molecular complexity index is 740. The number of imidazole rings is 1. The molecule has 7 heteroatoms. The molecule has 3 aromatic rings. The topological polar surface area (TPSA) is 83.6 Å². The number of aromatic nitrogens is 4. The Morgan fingerprint density at radius 2 is 2.00 bits per heavy atom. The van der Waals surface area contributed by atoms with Crippen molar-refractivity contribution in [3.8, 4) is 0 Å². The average Bonchev–Trinajstić information content (AvgIpc) is 2.88. The van der Waals surface area contributed by atoms with Crippen molar-refractivity contribution in [2.75, 3.05) is 5.32 Å². The van der Waals surface area contributed by atoms with Crippen LogP contribution in [0.2, 0.25) is 5.28 Å². The molecule has 0 spiro atoms. The Morgan fingerprint density at radius 1 is 1.21 bits per heavy atom. The summed E-state index contributed by atoms with van der Waals surface area (Å²) < 4.78 is 0. The van der Waals surface area contributed by atoms with Gasteiger partial charge in [0.25, 0.3) is 5.91 Å². The van der Waals surface area contributed by atoms with Gasteiger partial charge >= 0.3 is 0 Å². The zero-order valence-corrected chi connectivity index (χ0v) is 10.3. The first-order valence-corrected chi connectivity index (χ1v) is 5.85. The fourth-order valence-electron chi connectivity index (χ4n) is 1.67. The summed E-state index contributed by atoms with van der Waals surface area (Å²) in [6, 6.07) is 8.83. The van der Waals surface area contributed by atoms with Crippen molar-refractivity contribution in [2.24, 2.45) is 0 Å². The van der Waals surface area contributed by atoms with Crippen molar-refractivity contribution in [3.05, 3.63) is 47.5 Å². The quantitative estimate of drug-likeness (QED) is 0.702. The van der Waals surface area contributed by atoms with Crippen molar-refractivity contribution in [2.45, 2.75) is 0 Å². The van der Waals surface area contributed by atoms with Gasteiger partial charge in [-0.2, -0.15) is 9.97 Å². The van der Waals surface area contributed by atoms with Crippen molar-refractivity contribution in [3.63, 3.8) is 0 Å². The SMILES string of the molecule is O=C(Nc1nc(Cl)nc2nc[nH]c12)c1ccccc1. The van der Waals surface area contributed by atoms with E-state index < -0.39 is 0 Å². The number of rotatable bonds is 2. The molecule has 1 aromatic carbocycles. The number of aromatic amines is 1. The molecule has 2 N–H and O–H groups in total. The molecule has 0 fully saturated rings. The van der Waals surface area contributed by atoms with Crippen LogP contribution in [0.25, 0.3) is 11.2 Å². The molecule has 2 aromatic heterocycles. The van der Waals surface area contributed by atoms with E-state index in [-0.39, 0.29) is 11.2 Å². The molecule has 0 atom stereocenters. The normalized spacial score (nSPS) is 10.6. The summed E-state index contributed by atoms with van der Waals surface area (Å²) in [5.74, 6) is 0.0348. The highest BCUT2D eigenvalue weighted by atomic mass is 35.5. The molecular weight excluding hydrogens is 266 g/mol. The smallest absolute Gasteiger partial charge is 0.256 e. The van der Waals surface area contributed by atoms with Gasteiger partial charge in [-0.1, -0.05) is 18.2 Å². The van der Waals surface area contributed by atoms with Crippen LogP contribution >= 0.6 is 11.6 Å². The molecule has 0 unspecified atom stereocenters. The molecule has 2 heterocycles. The lowest BCUT2D eigenvalue weighted by molar-refractivity contribution is 0.102. The molecule has 0 aliphatic carbocycles. The minimum Gasteiger partial charge on any atom is -0.340 e. The van der Waals surface area contributed by atoms with Gasteiger partial charge in [-0.3, -0.25) is 4.79 Å². The van der Waals surface area contributed by atoms with Gasteiger partial charge in [-0.05, 0) is 23.7 Å². The molecule has 6 nitrogen and oxygen atoms in total. The van der Waals surface area contributed by atoms with E-state index in [9.17, 15) is 4.79 Å².